The third-order valence-electron chi connectivity index (χ3n) is 3.05. The van der Waals surface area contributed by atoms with Crippen LogP contribution in [0.25, 0.3) is 0 Å². The van der Waals surface area contributed by atoms with Crippen LogP contribution in [0.15, 0.2) is 16.5 Å². The van der Waals surface area contributed by atoms with E-state index < -0.39 is 0 Å². The van der Waals surface area contributed by atoms with Crippen molar-refractivity contribution >= 4 is 12.2 Å². The van der Waals surface area contributed by atoms with Gasteiger partial charge in [0.05, 0.1) is 19.8 Å². The number of hydrogen-bond acceptors (Lipinski definition) is 5. The smallest absolute Gasteiger partial charge is 0.239 e. The van der Waals surface area contributed by atoms with Gasteiger partial charge in [-0.05, 0) is 19.1 Å². The first-order valence-electron chi connectivity index (χ1n) is 6.38. The van der Waals surface area contributed by atoms with Crippen LogP contribution in [-0.4, -0.2) is 49.4 Å². The standard InChI is InChI=1S/C13H18N2O4/c1-2-14-13(17)12-9-18-6-5-15(12)7-10-3-4-11(8-16)19-10/h3-4,8,12H,2,5-7,9H2,1H3,(H,14,17). The molecule has 0 radical (unpaired) electrons. The molecule has 1 aliphatic rings. The van der Waals surface area contributed by atoms with Crippen molar-refractivity contribution in [1.29, 1.82) is 0 Å². The molecule has 0 aromatic carbocycles. The van der Waals surface area contributed by atoms with Crippen LogP contribution in [0.4, 0.5) is 0 Å². The lowest BCUT2D eigenvalue weighted by molar-refractivity contribution is -0.133. The highest BCUT2D eigenvalue weighted by atomic mass is 16.5. The zero-order valence-corrected chi connectivity index (χ0v) is 10.9. The van der Waals surface area contributed by atoms with Gasteiger partial charge in [0.15, 0.2) is 12.0 Å². The monoisotopic (exact) mass is 266 g/mol. The average Bonchev–Trinajstić information content (AvgIpc) is 2.87. The van der Waals surface area contributed by atoms with Gasteiger partial charge in [-0.3, -0.25) is 14.5 Å². The zero-order valence-electron chi connectivity index (χ0n) is 10.9. The van der Waals surface area contributed by atoms with Gasteiger partial charge in [-0.15, -0.1) is 0 Å². The number of morpholine rings is 1. The highest BCUT2D eigenvalue weighted by Gasteiger charge is 2.29. The molecule has 1 N–H and O–H groups in total. The predicted molar refractivity (Wildman–Crippen MR) is 67.8 cm³/mol. The number of likely N-dealkylation sites (N-methyl/N-ethyl adjacent to an activating group) is 1. The molecule has 1 unspecified atom stereocenters. The highest BCUT2D eigenvalue weighted by molar-refractivity contribution is 5.81. The Bertz CT molecular complexity index is 444. The summed E-state index contributed by atoms with van der Waals surface area (Å²) in [6.45, 7) is 4.62. The molecule has 6 nitrogen and oxygen atoms in total. The number of ether oxygens (including phenoxy) is 1. The molecule has 1 atom stereocenters. The van der Waals surface area contributed by atoms with Gasteiger partial charge >= 0.3 is 0 Å². The van der Waals surface area contributed by atoms with Crippen LogP contribution >= 0.6 is 0 Å². The minimum atomic E-state index is -0.307. The fourth-order valence-electron chi connectivity index (χ4n) is 2.10. The van der Waals surface area contributed by atoms with Gasteiger partial charge in [0.2, 0.25) is 5.91 Å². The summed E-state index contributed by atoms with van der Waals surface area (Å²) in [7, 11) is 0. The van der Waals surface area contributed by atoms with Crippen molar-refractivity contribution < 1.29 is 18.7 Å². The Labute approximate surface area is 111 Å². The molecule has 0 spiro atoms. The van der Waals surface area contributed by atoms with E-state index in [4.69, 9.17) is 9.15 Å². The van der Waals surface area contributed by atoms with Gasteiger partial charge in [-0.25, -0.2) is 0 Å². The Balaban J connectivity index is 2.02. The highest BCUT2D eigenvalue weighted by Crippen LogP contribution is 2.14. The second kappa shape index (κ2) is 6.49. The molecule has 2 heterocycles. The van der Waals surface area contributed by atoms with Crippen molar-refractivity contribution in [3.63, 3.8) is 0 Å². The quantitative estimate of drug-likeness (QED) is 0.782. The Hall–Kier alpha value is -1.66. The van der Waals surface area contributed by atoms with E-state index in [0.717, 1.165) is 0 Å². The third kappa shape index (κ3) is 3.42. The molecule has 0 aliphatic carbocycles. The van der Waals surface area contributed by atoms with E-state index in [2.05, 4.69) is 5.32 Å². The number of nitrogens with zero attached hydrogens (tertiary/aromatic N) is 1. The van der Waals surface area contributed by atoms with E-state index in [0.29, 0.717) is 50.7 Å². The summed E-state index contributed by atoms with van der Waals surface area (Å²) in [5.74, 6) is 0.945. The number of amides is 1. The molecule has 2 rings (SSSR count). The number of nitrogens with one attached hydrogen (secondary N) is 1. The van der Waals surface area contributed by atoms with Gasteiger partial charge in [0.25, 0.3) is 0 Å². The minimum Gasteiger partial charge on any atom is -0.457 e. The summed E-state index contributed by atoms with van der Waals surface area (Å²) in [6.07, 6.45) is 0.671. The van der Waals surface area contributed by atoms with Crippen LogP contribution in [0.1, 0.15) is 23.2 Å². The maximum atomic E-state index is 11.9. The molecule has 104 valence electrons. The molecule has 0 saturated carbocycles. The Morgan fingerprint density at radius 3 is 3.11 bits per heavy atom. The Morgan fingerprint density at radius 1 is 1.58 bits per heavy atom. The second-order valence-corrected chi connectivity index (χ2v) is 4.38. The van der Waals surface area contributed by atoms with Crippen LogP contribution in [-0.2, 0) is 16.1 Å². The molecule has 1 aromatic heterocycles. The summed E-state index contributed by atoms with van der Waals surface area (Å²) in [4.78, 5) is 24.5. The number of furan rings is 1. The molecule has 0 bridgehead atoms. The van der Waals surface area contributed by atoms with Crippen molar-refractivity contribution in [2.75, 3.05) is 26.3 Å². The number of carbonyl (C=O) groups excluding carboxylic acids is 2. The number of hydrogen-bond donors (Lipinski definition) is 1. The first-order valence-corrected chi connectivity index (χ1v) is 6.38. The van der Waals surface area contributed by atoms with E-state index in [1.54, 1.807) is 12.1 Å². The molecule has 1 saturated heterocycles. The second-order valence-electron chi connectivity index (χ2n) is 4.38. The van der Waals surface area contributed by atoms with Crippen LogP contribution in [0, 0.1) is 0 Å². The van der Waals surface area contributed by atoms with Gasteiger partial charge in [-0.2, -0.15) is 0 Å². The Morgan fingerprint density at radius 2 is 2.42 bits per heavy atom. The normalized spacial score (nSPS) is 20.2. The fourth-order valence-corrected chi connectivity index (χ4v) is 2.10. The molecule has 1 fully saturated rings. The van der Waals surface area contributed by atoms with E-state index in [9.17, 15) is 9.59 Å². The summed E-state index contributed by atoms with van der Waals surface area (Å²) in [5.41, 5.74) is 0. The lowest BCUT2D eigenvalue weighted by Crippen LogP contribution is -2.53. The van der Waals surface area contributed by atoms with Crippen molar-refractivity contribution in [2.24, 2.45) is 0 Å². The van der Waals surface area contributed by atoms with E-state index >= 15 is 0 Å². The maximum Gasteiger partial charge on any atom is 0.239 e. The van der Waals surface area contributed by atoms with E-state index in [1.807, 2.05) is 11.8 Å². The number of aldehydes is 1. The van der Waals surface area contributed by atoms with Crippen LogP contribution < -0.4 is 5.32 Å². The average molecular weight is 266 g/mol. The molecular formula is C13H18N2O4. The Kier molecular flexibility index (Phi) is 4.70. The molecular weight excluding hydrogens is 248 g/mol. The van der Waals surface area contributed by atoms with E-state index in [1.165, 1.54) is 0 Å². The van der Waals surface area contributed by atoms with Crippen molar-refractivity contribution in [3.05, 3.63) is 23.7 Å². The van der Waals surface area contributed by atoms with Crippen LogP contribution in [0.3, 0.4) is 0 Å². The maximum absolute atomic E-state index is 11.9. The van der Waals surface area contributed by atoms with Crippen molar-refractivity contribution in [3.8, 4) is 0 Å². The van der Waals surface area contributed by atoms with Gasteiger partial charge in [0.1, 0.15) is 11.8 Å². The summed E-state index contributed by atoms with van der Waals surface area (Å²) >= 11 is 0. The number of carbonyl (C=O) groups is 2. The molecule has 1 aromatic rings. The van der Waals surface area contributed by atoms with Crippen molar-refractivity contribution in [2.45, 2.75) is 19.5 Å². The number of rotatable bonds is 5. The van der Waals surface area contributed by atoms with Crippen LogP contribution in [0.5, 0.6) is 0 Å². The molecule has 6 heteroatoms. The lowest BCUT2D eigenvalue weighted by Gasteiger charge is -2.33. The fraction of sp³-hybridized carbons (Fsp3) is 0.538. The SMILES string of the molecule is CCNC(=O)C1COCCN1Cc1ccc(C=O)o1. The third-order valence-corrected chi connectivity index (χ3v) is 3.05. The van der Waals surface area contributed by atoms with Gasteiger partial charge in [-0.1, -0.05) is 0 Å². The van der Waals surface area contributed by atoms with Crippen LogP contribution in [0.2, 0.25) is 0 Å². The first kappa shape index (κ1) is 13.8. The topological polar surface area (TPSA) is 71.8 Å². The zero-order chi connectivity index (χ0) is 13.7. The van der Waals surface area contributed by atoms with Gasteiger partial charge < -0.3 is 14.5 Å². The summed E-state index contributed by atoms with van der Waals surface area (Å²) in [5, 5.41) is 2.80. The lowest BCUT2D eigenvalue weighted by atomic mass is 10.2. The largest absolute Gasteiger partial charge is 0.457 e. The minimum absolute atomic E-state index is 0.0376. The van der Waals surface area contributed by atoms with E-state index in [-0.39, 0.29) is 11.9 Å². The molecule has 1 aliphatic heterocycles. The van der Waals surface area contributed by atoms with Crippen molar-refractivity contribution in [1.82, 2.24) is 10.2 Å². The summed E-state index contributed by atoms with van der Waals surface area (Å²) < 4.78 is 10.7. The van der Waals surface area contributed by atoms with Gasteiger partial charge in [0, 0.05) is 13.1 Å². The molecule has 1 amide bonds. The predicted octanol–water partition coefficient (Wildman–Crippen LogP) is 0.429. The summed E-state index contributed by atoms with van der Waals surface area (Å²) in [6, 6.07) is 3.08. The molecule has 19 heavy (non-hydrogen) atoms. The first-order chi connectivity index (χ1) is 9.24.